The smallest absolute Gasteiger partial charge is 0.339 e. The van der Waals surface area contributed by atoms with Crippen molar-refractivity contribution in [3.05, 3.63) is 54.1 Å². The lowest BCUT2D eigenvalue weighted by molar-refractivity contribution is 0.0596. The van der Waals surface area contributed by atoms with E-state index >= 15 is 0 Å². The van der Waals surface area contributed by atoms with Crippen LogP contribution < -0.4 is 4.74 Å². The number of para-hydroxylation sites is 1. The van der Waals surface area contributed by atoms with Crippen molar-refractivity contribution >= 4 is 18.6 Å². The van der Waals surface area contributed by atoms with Crippen molar-refractivity contribution in [2.45, 2.75) is 4.90 Å². The van der Waals surface area contributed by atoms with Crippen molar-refractivity contribution in [3.63, 3.8) is 0 Å². The van der Waals surface area contributed by atoms with Gasteiger partial charge in [0.1, 0.15) is 11.5 Å². The lowest BCUT2D eigenvalue weighted by Gasteiger charge is -2.08. The average molecular weight is 260 g/mol. The fraction of sp³-hybridized carbons (Fsp3) is 0.0714. The van der Waals surface area contributed by atoms with Gasteiger partial charge in [0, 0.05) is 4.90 Å². The van der Waals surface area contributed by atoms with Gasteiger partial charge in [-0.2, -0.15) is 0 Å². The van der Waals surface area contributed by atoms with Gasteiger partial charge in [0.15, 0.2) is 0 Å². The molecule has 3 nitrogen and oxygen atoms in total. The van der Waals surface area contributed by atoms with Gasteiger partial charge in [-0.25, -0.2) is 4.79 Å². The summed E-state index contributed by atoms with van der Waals surface area (Å²) >= 11 is 4.21. The zero-order valence-electron chi connectivity index (χ0n) is 9.79. The first-order chi connectivity index (χ1) is 8.70. The largest absolute Gasteiger partial charge is 0.465 e. The summed E-state index contributed by atoms with van der Waals surface area (Å²) in [6.07, 6.45) is 0. The first-order valence-electron chi connectivity index (χ1n) is 5.35. The molecule has 0 heterocycles. The van der Waals surface area contributed by atoms with Gasteiger partial charge in [-0.15, -0.1) is 12.6 Å². The maximum absolute atomic E-state index is 11.5. The summed E-state index contributed by atoms with van der Waals surface area (Å²) in [7, 11) is 1.33. The molecule has 0 atom stereocenters. The maximum Gasteiger partial charge on any atom is 0.339 e. The van der Waals surface area contributed by atoms with Crippen LogP contribution in [0.4, 0.5) is 0 Å². The topological polar surface area (TPSA) is 35.5 Å². The van der Waals surface area contributed by atoms with E-state index in [9.17, 15) is 4.79 Å². The maximum atomic E-state index is 11.5. The lowest BCUT2D eigenvalue weighted by atomic mass is 10.2. The highest BCUT2D eigenvalue weighted by Crippen LogP contribution is 2.25. The summed E-state index contributed by atoms with van der Waals surface area (Å²) < 4.78 is 10.3. The molecule has 0 saturated heterocycles. The van der Waals surface area contributed by atoms with E-state index < -0.39 is 5.97 Å². The Morgan fingerprint density at radius 3 is 2.44 bits per heavy atom. The number of methoxy groups -OCH3 is 1. The molecule has 0 aromatic heterocycles. The minimum atomic E-state index is -0.432. The van der Waals surface area contributed by atoms with Gasteiger partial charge in [-0.1, -0.05) is 18.2 Å². The standard InChI is InChI=1S/C14H12O3S/c1-16-14(15)12-9-11(7-8-13(12)18)17-10-5-3-2-4-6-10/h2-9,18H,1H3. The Morgan fingerprint density at radius 1 is 1.06 bits per heavy atom. The average Bonchev–Trinajstić information content (AvgIpc) is 2.41. The Morgan fingerprint density at radius 2 is 1.78 bits per heavy atom. The van der Waals surface area contributed by atoms with E-state index in [1.54, 1.807) is 18.2 Å². The Hall–Kier alpha value is -1.94. The molecule has 0 spiro atoms. The van der Waals surface area contributed by atoms with Crippen LogP contribution >= 0.6 is 12.6 Å². The van der Waals surface area contributed by atoms with E-state index in [-0.39, 0.29) is 0 Å². The molecule has 2 rings (SSSR count). The summed E-state index contributed by atoms with van der Waals surface area (Å²) in [4.78, 5) is 12.1. The summed E-state index contributed by atoms with van der Waals surface area (Å²) in [6.45, 7) is 0. The minimum Gasteiger partial charge on any atom is -0.465 e. The highest BCUT2D eigenvalue weighted by molar-refractivity contribution is 7.80. The SMILES string of the molecule is COC(=O)c1cc(Oc2ccccc2)ccc1S. The third-order valence-corrected chi connectivity index (χ3v) is 2.74. The van der Waals surface area contributed by atoms with Crippen LogP contribution in [0.1, 0.15) is 10.4 Å². The van der Waals surface area contributed by atoms with Crippen LogP contribution in [0, 0.1) is 0 Å². The molecule has 0 aliphatic heterocycles. The predicted molar refractivity (Wildman–Crippen MR) is 71.5 cm³/mol. The third-order valence-electron chi connectivity index (χ3n) is 2.35. The van der Waals surface area contributed by atoms with Crippen LogP contribution in [0.2, 0.25) is 0 Å². The first kappa shape index (κ1) is 12.5. The zero-order chi connectivity index (χ0) is 13.0. The highest BCUT2D eigenvalue weighted by atomic mass is 32.1. The van der Waals surface area contributed by atoms with Crippen LogP contribution in [0.5, 0.6) is 11.5 Å². The molecule has 0 radical (unpaired) electrons. The molecule has 18 heavy (non-hydrogen) atoms. The number of ether oxygens (including phenoxy) is 2. The van der Waals surface area contributed by atoms with Gasteiger partial charge < -0.3 is 9.47 Å². The molecule has 0 fully saturated rings. The van der Waals surface area contributed by atoms with E-state index in [4.69, 9.17) is 4.74 Å². The van der Waals surface area contributed by atoms with E-state index in [0.29, 0.717) is 22.0 Å². The molecule has 4 heteroatoms. The fourth-order valence-electron chi connectivity index (χ4n) is 1.48. The molecular formula is C14H12O3S. The number of rotatable bonds is 3. The van der Waals surface area contributed by atoms with Gasteiger partial charge in [-0.05, 0) is 30.3 Å². The molecule has 0 aliphatic carbocycles. The number of esters is 1. The van der Waals surface area contributed by atoms with Crippen LogP contribution in [-0.2, 0) is 4.74 Å². The summed E-state index contributed by atoms with van der Waals surface area (Å²) in [5.74, 6) is 0.846. The van der Waals surface area contributed by atoms with Crippen LogP contribution in [0.25, 0.3) is 0 Å². The molecule has 0 aliphatic rings. The quantitative estimate of drug-likeness (QED) is 0.677. The fourth-order valence-corrected chi connectivity index (χ4v) is 1.71. The van der Waals surface area contributed by atoms with Crippen molar-refractivity contribution in [3.8, 4) is 11.5 Å². The normalized spacial score (nSPS) is 9.89. The summed E-state index contributed by atoms with van der Waals surface area (Å²) in [5, 5.41) is 0. The Kier molecular flexibility index (Phi) is 3.89. The molecule has 2 aromatic carbocycles. The molecule has 2 aromatic rings. The number of thiol groups is 1. The Balaban J connectivity index is 2.27. The number of carbonyl (C=O) groups excluding carboxylic acids is 1. The summed E-state index contributed by atoms with van der Waals surface area (Å²) in [5.41, 5.74) is 0.384. The molecule has 0 saturated carbocycles. The van der Waals surface area contributed by atoms with Crippen molar-refractivity contribution in [1.29, 1.82) is 0 Å². The third kappa shape index (κ3) is 2.84. The van der Waals surface area contributed by atoms with Crippen LogP contribution in [0.15, 0.2) is 53.4 Å². The summed E-state index contributed by atoms with van der Waals surface area (Å²) in [6, 6.07) is 14.4. The zero-order valence-corrected chi connectivity index (χ0v) is 10.7. The second-order valence-electron chi connectivity index (χ2n) is 3.59. The van der Waals surface area contributed by atoms with Gasteiger partial charge in [0.2, 0.25) is 0 Å². The van der Waals surface area contributed by atoms with Crippen LogP contribution in [0.3, 0.4) is 0 Å². The molecule has 92 valence electrons. The van der Waals surface area contributed by atoms with Gasteiger partial charge in [0.25, 0.3) is 0 Å². The molecule has 0 unspecified atom stereocenters. The Labute approximate surface area is 111 Å². The predicted octanol–water partition coefficient (Wildman–Crippen LogP) is 3.55. The van der Waals surface area contributed by atoms with Gasteiger partial charge >= 0.3 is 5.97 Å². The number of hydrogen-bond donors (Lipinski definition) is 1. The van der Waals surface area contributed by atoms with E-state index in [1.165, 1.54) is 7.11 Å². The second kappa shape index (κ2) is 5.60. The van der Waals surface area contributed by atoms with E-state index in [1.807, 2.05) is 30.3 Å². The molecule has 0 amide bonds. The van der Waals surface area contributed by atoms with Crippen molar-refractivity contribution in [1.82, 2.24) is 0 Å². The lowest BCUT2D eigenvalue weighted by Crippen LogP contribution is -2.02. The molecule has 0 N–H and O–H groups in total. The monoisotopic (exact) mass is 260 g/mol. The van der Waals surface area contributed by atoms with E-state index in [0.717, 1.165) is 0 Å². The second-order valence-corrected chi connectivity index (χ2v) is 4.07. The van der Waals surface area contributed by atoms with E-state index in [2.05, 4.69) is 17.4 Å². The molecular weight excluding hydrogens is 248 g/mol. The van der Waals surface area contributed by atoms with Gasteiger partial charge in [-0.3, -0.25) is 0 Å². The minimum absolute atomic E-state index is 0.384. The number of benzene rings is 2. The first-order valence-corrected chi connectivity index (χ1v) is 5.79. The van der Waals surface area contributed by atoms with Crippen molar-refractivity contribution in [2.75, 3.05) is 7.11 Å². The number of hydrogen-bond acceptors (Lipinski definition) is 4. The molecule has 0 bridgehead atoms. The number of carbonyl (C=O) groups is 1. The van der Waals surface area contributed by atoms with Crippen molar-refractivity contribution < 1.29 is 14.3 Å². The van der Waals surface area contributed by atoms with Gasteiger partial charge in [0.05, 0.1) is 12.7 Å². The highest BCUT2D eigenvalue weighted by Gasteiger charge is 2.11. The van der Waals surface area contributed by atoms with Crippen molar-refractivity contribution in [2.24, 2.45) is 0 Å². The Bertz CT molecular complexity index is 552. The van der Waals surface area contributed by atoms with Crippen LogP contribution in [-0.4, -0.2) is 13.1 Å².